The number of nitrogens with one attached hydrogen (secondary N) is 1. The van der Waals surface area contributed by atoms with Crippen molar-refractivity contribution in [1.29, 1.82) is 0 Å². The summed E-state index contributed by atoms with van der Waals surface area (Å²) in [6.07, 6.45) is 0.886. The molecule has 0 fully saturated rings. The van der Waals surface area contributed by atoms with Gasteiger partial charge in [0.1, 0.15) is 4.90 Å². The minimum Gasteiger partial charge on any atom is -0.280 e. The van der Waals surface area contributed by atoms with Gasteiger partial charge in [-0.1, -0.05) is 58.2 Å². The van der Waals surface area contributed by atoms with Crippen molar-refractivity contribution in [1.82, 2.24) is 0 Å². The highest BCUT2D eigenvalue weighted by atomic mass is 79.9. The summed E-state index contributed by atoms with van der Waals surface area (Å²) < 4.78 is 27.9. The smallest absolute Gasteiger partial charge is 0.264 e. The molecule has 0 aliphatic rings. The third-order valence-corrected chi connectivity index (χ3v) is 5.61. The molecule has 0 amide bonds. The Morgan fingerprint density at radius 3 is 2.10 bits per heavy atom. The van der Waals surface area contributed by atoms with Crippen molar-refractivity contribution in [3.8, 4) is 0 Å². The fraction of sp³-hybridized carbons (Fsp3) is 0.143. The van der Waals surface area contributed by atoms with E-state index >= 15 is 0 Å². The Morgan fingerprint density at radius 2 is 1.62 bits per heavy atom. The van der Waals surface area contributed by atoms with Gasteiger partial charge in [-0.2, -0.15) is 0 Å². The highest BCUT2D eigenvalue weighted by molar-refractivity contribution is 9.10. The van der Waals surface area contributed by atoms with Crippen LogP contribution >= 0.6 is 39.1 Å². The number of hydrogen-bond donors (Lipinski definition) is 1. The van der Waals surface area contributed by atoms with Gasteiger partial charge < -0.3 is 0 Å². The van der Waals surface area contributed by atoms with Crippen LogP contribution in [0.5, 0.6) is 0 Å². The van der Waals surface area contributed by atoms with Crippen LogP contribution in [0.2, 0.25) is 10.0 Å². The number of hydrogen-bond acceptors (Lipinski definition) is 2. The Kier molecular flexibility index (Phi) is 5.20. The van der Waals surface area contributed by atoms with Crippen molar-refractivity contribution < 1.29 is 8.42 Å². The first-order valence-electron chi connectivity index (χ1n) is 6.10. The molecule has 0 saturated carbocycles. The molecule has 0 spiro atoms. The summed E-state index contributed by atoms with van der Waals surface area (Å²) in [5, 5.41) is 0.124. The molecule has 2 aromatic carbocycles. The zero-order valence-corrected chi connectivity index (χ0v) is 14.9. The summed E-state index contributed by atoms with van der Waals surface area (Å²) in [6, 6.07) is 10.1. The number of benzene rings is 2. The van der Waals surface area contributed by atoms with E-state index in [0.717, 1.165) is 12.0 Å². The maximum absolute atomic E-state index is 12.4. The van der Waals surface area contributed by atoms with Crippen LogP contribution in [0.25, 0.3) is 0 Å². The molecule has 0 aliphatic heterocycles. The minimum atomic E-state index is -3.85. The molecule has 2 aromatic rings. The van der Waals surface area contributed by atoms with Crippen molar-refractivity contribution in [3.63, 3.8) is 0 Å². The van der Waals surface area contributed by atoms with E-state index in [-0.39, 0.29) is 14.9 Å². The van der Waals surface area contributed by atoms with Crippen LogP contribution in [0.3, 0.4) is 0 Å². The number of sulfonamides is 1. The van der Waals surface area contributed by atoms with Crippen molar-refractivity contribution in [3.05, 3.63) is 56.5 Å². The molecular weight excluding hydrogens is 397 g/mol. The molecule has 0 bridgehead atoms. The van der Waals surface area contributed by atoms with Crippen LogP contribution in [0.4, 0.5) is 5.69 Å². The molecule has 7 heteroatoms. The fourth-order valence-electron chi connectivity index (χ4n) is 1.80. The Hall–Kier alpha value is -0.750. The second-order valence-electron chi connectivity index (χ2n) is 4.35. The van der Waals surface area contributed by atoms with E-state index in [1.165, 1.54) is 12.1 Å². The summed E-state index contributed by atoms with van der Waals surface area (Å²) in [7, 11) is -3.85. The maximum Gasteiger partial charge on any atom is 0.264 e. The third-order valence-electron chi connectivity index (χ3n) is 2.85. The van der Waals surface area contributed by atoms with E-state index in [1.807, 2.05) is 19.1 Å². The molecule has 2 rings (SSSR count). The molecule has 0 aliphatic carbocycles. The monoisotopic (exact) mass is 407 g/mol. The van der Waals surface area contributed by atoms with E-state index in [0.29, 0.717) is 10.2 Å². The predicted octanol–water partition coefficient (Wildman–Crippen LogP) is 5.12. The van der Waals surface area contributed by atoms with Gasteiger partial charge in [-0.15, -0.1) is 0 Å². The van der Waals surface area contributed by atoms with Crippen molar-refractivity contribution in [2.75, 3.05) is 4.72 Å². The summed E-state index contributed by atoms with van der Waals surface area (Å²) in [4.78, 5) is -0.131. The van der Waals surface area contributed by atoms with Crippen LogP contribution in [0.15, 0.2) is 45.8 Å². The van der Waals surface area contributed by atoms with Gasteiger partial charge in [-0.3, -0.25) is 4.72 Å². The molecule has 0 radical (unpaired) electrons. The van der Waals surface area contributed by atoms with Gasteiger partial charge in [0.15, 0.2) is 0 Å². The lowest BCUT2D eigenvalue weighted by atomic mass is 10.2. The molecule has 0 atom stereocenters. The highest BCUT2D eigenvalue weighted by Crippen LogP contribution is 2.33. The molecule has 1 N–H and O–H groups in total. The summed E-state index contributed by atoms with van der Waals surface area (Å²) in [5.41, 5.74) is 1.58. The molecule has 0 unspecified atom stereocenters. The van der Waals surface area contributed by atoms with Gasteiger partial charge >= 0.3 is 0 Å². The summed E-state index contributed by atoms with van der Waals surface area (Å²) >= 11 is 15.2. The Bertz CT molecular complexity index is 738. The van der Waals surface area contributed by atoms with Crippen LogP contribution in [0.1, 0.15) is 12.5 Å². The van der Waals surface area contributed by atoms with Gasteiger partial charge in [-0.25, -0.2) is 8.42 Å². The van der Waals surface area contributed by atoms with E-state index in [4.69, 9.17) is 23.2 Å². The van der Waals surface area contributed by atoms with Crippen molar-refractivity contribution >= 4 is 54.8 Å². The number of anilines is 1. The van der Waals surface area contributed by atoms with E-state index in [2.05, 4.69) is 20.7 Å². The highest BCUT2D eigenvalue weighted by Gasteiger charge is 2.22. The lowest BCUT2D eigenvalue weighted by molar-refractivity contribution is 0.601. The molecule has 112 valence electrons. The van der Waals surface area contributed by atoms with Crippen LogP contribution < -0.4 is 4.72 Å². The topological polar surface area (TPSA) is 46.2 Å². The molecular formula is C14H12BrCl2NO2S. The van der Waals surface area contributed by atoms with Crippen LogP contribution in [0, 0.1) is 0 Å². The quantitative estimate of drug-likeness (QED) is 0.762. The lowest BCUT2D eigenvalue weighted by Gasteiger charge is -2.12. The van der Waals surface area contributed by atoms with E-state index in [9.17, 15) is 8.42 Å². The fourth-order valence-corrected chi connectivity index (χ4v) is 4.80. The van der Waals surface area contributed by atoms with Gasteiger partial charge in [-0.05, 0) is 36.2 Å². The SMILES string of the molecule is CCc1ccc(NS(=O)(=O)c2c(Cl)cc(Br)cc2Cl)cc1. The molecule has 0 aromatic heterocycles. The zero-order chi connectivity index (χ0) is 15.6. The first-order chi connectivity index (χ1) is 9.83. The molecule has 21 heavy (non-hydrogen) atoms. The standard InChI is InChI=1S/C14H12BrCl2NO2S/c1-2-9-3-5-11(6-4-9)18-21(19,20)14-12(16)7-10(15)8-13(14)17/h3-8,18H,2H2,1H3. The van der Waals surface area contributed by atoms with Gasteiger partial charge in [0, 0.05) is 10.2 Å². The molecule has 0 saturated heterocycles. The summed E-state index contributed by atoms with van der Waals surface area (Å²) in [6.45, 7) is 2.03. The minimum absolute atomic E-state index is 0.0621. The predicted molar refractivity (Wildman–Crippen MR) is 90.8 cm³/mol. The van der Waals surface area contributed by atoms with Gasteiger partial charge in [0.25, 0.3) is 10.0 Å². The average Bonchev–Trinajstić information content (AvgIpc) is 2.37. The average molecular weight is 409 g/mol. The van der Waals surface area contributed by atoms with Crippen molar-refractivity contribution in [2.24, 2.45) is 0 Å². The summed E-state index contributed by atoms with van der Waals surface area (Å²) in [5.74, 6) is 0. The first-order valence-corrected chi connectivity index (χ1v) is 9.13. The van der Waals surface area contributed by atoms with Crippen LogP contribution in [-0.4, -0.2) is 8.42 Å². The van der Waals surface area contributed by atoms with Gasteiger partial charge in [0.2, 0.25) is 0 Å². The second-order valence-corrected chi connectivity index (χ2v) is 7.70. The number of halogens is 3. The van der Waals surface area contributed by atoms with Crippen molar-refractivity contribution in [2.45, 2.75) is 18.2 Å². The first kappa shape index (κ1) is 16.6. The maximum atomic E-state index is 12.4. The number of rotatable bonds is 4. The Morgan fingerprint density at radius 1 is 1.10 bits per heavy atom. The largest absolute Gasteiger partial charge is 0.280 e. The second kappa shape index (κ2) is 6.57. The van der Waals surface area contributed by atoms with E-state index in [1.54, 1.807) is 12.1 Å². The molecule has 0 heterocycles. The third kappa shape index (κ3) is 3.92. The van der Waals surface area contributed by atoms with Crippen LogP contribution in [-0.2, 0) is 16.4 Å². The van der Waals surface area contributed by atoms with Gasteiger partial charge in [0.05, 0.1) is 10.0 Å². The lowest BCUT2D eigenvalue weighted by Crippen LogP contribution is -2.14. The number of aryl methyl sites for hydroxylation is 1. The zero-order valence-electron chi connectivity index (χ0n) is 11.0. The normalized spacial score (nSPS) is 11.4. The molecule has 3 nitrogen and oxygen atoms in total. The Labute approximate surface area is 142 Å². The Balaban J connectivity index is 2.38. The van der Waals surface area contributed by atoms with E-state index < -0.39 is 10.0 Å².